The van der Waals surface area contributed by atoms with Crippen LogP contribution in [0.3, 0.4) is 0 Å². The van der Waals surface area contributed by atoms with Gasteiger partial charge in [-0.1, -0.05) is 22.0 Å². The molecule has 23 heavy (non-hydrogen) atoms. The molecule has 0 atom stereocenters. The zero-order valence-electron chi connectivity index (χ0n) is 12.8. The summed E-state index contributed by atoms with van der Waals surface area (Å²) in [5.41, 5.74) is 2.20. The van der Waals surface area contributed by atoms with Crippen LogP contribution in [0.1, 0.15) is 27.0 Å². The number of anilines is 1. The van der Waals surface area contributed by atoms with Crippen LogP contribution in [0.5, 0.6) is 0 Å². The Morgan fingerprint density at radius 2 is 1.70 bits per heavy atom. The number of halogens is 1. The van der Waals surface area contributed by atoms with Gasteiger partial charge < -0.3 is 5.11 Å². The van der Waals surface area contributed by atoms with Crippen molar-refractivity contribution in [3.63, 3.8) is 0 Å². The second-order valence-corrected chi connectivity index (χ2v) is 7.87. The molecule has 0 aliphatic carbocycles. The van der Waals surface area contributed by atoms with Gasteiger partial charge in [-0.3, -0.25) is 4.72 Å². The van der Waals surface area contributed by atoms with E-state index in [-0.39, 0.29) is 10.5 Å². The highest BCUT2D eigenvalue weighted by Crippen LogP contribution is 2.26. The van der Waals surface area contributed by atoms with E-state index in [1.165, 1.54) is 6.07 Å². The Balaban J connectivity index is 2.51. The molecule has 122 valence electrons. The molecule has 7 heteroatoms. The molecule has 2 N–H and O–H groups in total. The standard InChI is InChI=1S/C16H16BrNO4S/c1-9-6-11(3)15(8-13(9)16(19)20)23(21,22)18-14-5-4-12(17)7-10(14)2/h4-8,18H,1-3H3,(H,19,20). The number of carbonyl (C=O) groups is 1. The number of aryl methyl sites for hydroxylation is 3. The zero-order chi connectivity index (χ0) is 17.4. The van der Waals surface area contributed by atoms with Gasteiger partial charge in [-0.15, -0.1) is 0 Å². The van der Waals surface area contributed by atoms with E-state index in [0.29, 0.717) is 16.8 Å². The van der Waals surface area contributed by atoms with Crippen molar-refractivity contribution in [3.05, 3.63) is 57.1 Å². The average molecular weight is 398 g/mol. The van der Waals surface area contributed by atoms with Gasteiger partial charge in [0.05, 0.1) is 16.1 Å². The third-order valence-electron chi connectivity index (χ3n) is 3.47. The minimum absolute atomic E-state index is 0.0245. The first-order chi connectivity index (χ1) is 10.6. The van der Waals surface area contributed by atoms with Crippen LogP contribution in [0.4, 0.5) is 5.69 Å². The molecule has 0 aliphatic heterocycles. The van der Waals surface area contributed by atoms with E-state index in [1.54, 1.807) is 45.0 Å². The van der Waals surface area contributed by atoms with E-state index in [9.17, 15) is 18.3 Å². The third kappa shape index (κ3) is 3.73. The molecule has 0 unspecified atom stereocenters. The maximum atomic E-state index is 12.6. The summed E-state index contributed by atoms with van der Waals surface area (Å²) in [6.45, 7) is 5.06. The van der Waals surface area contributed by atoms with Crippen LogP contribution < -0.4 is 4.72 Å². The lowest BCUT2D eigenvalue weighted by atomic mass is 10.1. The second kappa shape index (κ2) is 6.33. The van der Waals surface area contributed by atoms with Crippen molar-refractivity contribution < 1.29 is 18.3 Å². The average Bonchev–Trinajstić information content (AvgIpc) is 2.41. The third-order valence-corrected chi connectivity index (χ3v) is 5.48. The Hall–Kier alpha value is -1.86. The Morgan fingerprint density at radius 3 is 2.26 bits per heavy atom. The first-order valence-corrected chi connectivity index (χ1v) is 9.03. The number of carboxylic acids is 1. The summed E-state index contributed by atoms with van der Waals surface area (Å²) in [7, 11) is -3.88. The van der Waals surface area contributed by atoms with Crippen molar-refractivity contribution in [2.75, 3.05) is 4.72 Å². The lowest BCUT2D eigenvalue weighted by Gasteiger charge is -2.14. The van der Waals surface area contributed by atoms with Crippen molar-refractivity contribution in [1.82, 2.24) is 0 Å². The molecule has 2 aromatic rings. The van der Waals surface area contributed by atoms with Gasteiger partial charge in [0.25, 0.3) is 10.0 Å². The van der Waals surface area contributed by atoms with Crippen molar-refractivity contribution in [2.24, 2.45) is 0 Å². The van der Waals surface area contributed by atoms with Gasteiger partial charge >= 0.3 is 5.97 Å². The van der Waals surface area contributed by atoms with Crippen LogP contribution >= 0.6 is 15.9 Å². The topological polar surface area (TPSA) is 83.5 Å². The first-order valence-electron chi connectivity index (χ1n) is 6.75. The number of rotatable bonds is 4. The summed E-state index contributed by atoms with van der Waals surface area (Å²) in [4.78, 5) is 11.2. The van der Waals surface area contributed by atoms with Crippen LogP contribution in [-0.4, -0.2) is 19.5 Å². The Kier molecular flexibility index (Phi) is 4.81. The number of benzene rings is 2. The van der Waals surface area contributed by atoms with E-state index < -0.39 is 16.0 Å². The molecule has 0 aromatic heterocycles. The lowest BCUT2D eigenvalue weighted by Crippen LogP contribution is -2.16. The molecule has 2 aromatic carbocycles. The molecular formula is C16H16BrNO4S. The van der Waals surface area contributed by atoms with E-state index in [2.05, 4.69) is 20.7 Å². The van der Waals surface area contributed by atoms with Crippen molar-refractivity contribution in [1.29, 1.82) is 0 Å². The highest BCUT2D eigenvalue weighted by Gasteiger charge is 2.21. The van der Waals surface area contributed by atoms with Gasteiger partial charge in [0.15, 0.2) is 0 Å². The predicted molar refractivity (Wildman–Crippen MR) is 92.6 cm³/mol. The highest BCUT2D eigenvalue weighted by atomic mass is 79.9. The smallest absolute Gasteiger partial charge is 0.335 e. The molecule has 0 heterocycles. The summed E-state index contributed by atoms with van der Waals surface area (Å²) < 4.78 is 28.6. The molecule has 5 nitrogen and oxygen atoms in total. The number of hydrogen-bond donors (Lipinski definition) is 2. The number of carboxylic acid groups (broad SMARTS) is 1. The fourth-order valence-corrected chi connectivity index (χ4v) is 4.15. The molecule has 2 rings (SSSR count). The predicted octanol–water partition coefficient (Wildman–Crippen LogP) is 3.87. The van der Waals surface area contributed by atoms with Crippen molar-refractivity contribution >= 4 is 37.6 Å². The molecular weight excluding hydrogens is 382 g/mol. The van der Waals surface area contributed by atoms with Crippen LogP contribution in [0.25, 0.3) is 0 Å². The molecule has 0 aliphatic rings. The minimum Gasteiger partial charge on any atom is -0.478 e. The number of nitrogens with one attached hydrogen (secondary N) is 1. The number of hydrogen-bond acceptors (Lipinski definition) is 3. The lowest BCUT2D eigenvalue weighted by molar-refractivity contribution is 0.0696. The molecule has 0 bridgehead atoms. The van der Waals surface area contributed by atoms with Gasteiger partial charge in [0.1, 0.15) is 0 Å². The summed E-state index contributed by atoms with van der Waals surface area (Å²) in [5.74, 6) is -1.15. The Bertz CT molecular complexity index is 891. The van der Waals surface area contributed by atoms with Crippen LogP contribution in [0, 0.1) is 20.8 Å². The molecule has 0 fully saturated rings. The molecule has 0 spiro atoms. The fourth-order valence-electron chi connectivity index (χ4n) is 2.29. The summed E-state index contributed by atoms with van der Waals surface area (Å²) in [5, 5.41) is 9.19. The number of sulfonamides is 1. The monoisotopic (exact) mass is 397 g/mol. The Labute approximate surface area is 143 Å². The maximum Gasteiger partial charge on any atom is 0.335 e. The number of aromatic carboxylic acids is 1. The summed E-state index contributed by atoms with van der Waals surface area (Å²) in [6, 6.07) is 7.94. The van der Waals surface area contributed by atoms with Gasteiger partial charge in [-0.05, 0) is 61.7 Å². The van der Waals surface area contributed by atoms with Crippen LogP contribution in [0.15, 0.2) is 39.7 Å². The van der Waals surface area contributed by atoms with E-state index >= 15 is 0 Å². The van der Waals surface area contributed by atoms with E-state index in [4.69, 9.17) is 0 Å². The Morgan fingerprint density at radius 1 is 1.04 bits per heavy atom. The van der Waals surface area contributed by atoms with E-state index in [0.717, 1.165) is 10.0 Å². The van der Waals surface area contributed by atoms with Gasteiger partial charge in [0, 0.05) is 4.47 Å². The first kappa shape index (κ1) is 17.5. The maximum absolute atomic E-state index is 12.6. The largest absolute Gasteiger partial charge is 0.478 e. The second-order valence-electron chi connectivity index (χ2n) is 5.30. The SMILES string of the molecule is Cc1cc(Br)ccc1NS(=O)(=O)c1cc(C(=O)O)c(C)cc1C. The van der Waals surface area contributed by atoms with Crippen LogP contribution in [-0.2, 0) is 10.0 Å². The summed E-state index contributed by atoms with van der Waals surface area (Å²) >= 11 is 3.32. The normalized spacial score (nSPS) is 11.3. The zero-order valence-corrected chi connectivity index (χ0v) is 15.2. The minimum atomic E-state index is -3.88. The molecule has 0 amide bonds. The quantitative estimate of drug-likeness (QED) is 0.819. The van der Waals surface area contributed by atoms with Crippen molar-refractivity contribution in [2.45, 2.75) is 25.7 Å². The summed E-state index contributed by atoms with van der Waals surface area (Å²) in [6.07, 6.45) is 0. The van der Waals surface area contributed by atoms with Crippen molar-refractivity contribution in [3.8, 4) is 0 Å². The fraction of sp³-hybridized carbons (Fsp3) is 0.188. The van der Waals surface area contributed by atoms with E-state index in [1.807, 2.05) is 0 Å². The van der Waals surface area contributed by atoms with Gasteiger partial charge in [-0.25, -0.2) is 13.2 Å². The molecule has 0 radical (unpaired) electrons. The van der Waals surface area contributed by atoms with Gasteiger partial charge in [0.2, 0.25) is 0 Å². The molecule has 0 saturated heterocycles. The highest BCUT2D eigenvalue weighted by molar-refractivity contribution is 9.10. The van der Waals surface area contributed by atoms with Gasteiger partial charge in [-0.2, -0.15) is 0 Å². The van der Waals surface area contributed by atoms with Crippen LogP contribution in [0.2, 0.25) is 0 Å². The molecule has 0 saturated carbocycles.